The van der Waals surface area contributed by atoms with Crippen LogP contribution in [0.3, 0.4) is 0 Å². The van der Waals surface area contributed by atoms with Gasteiger partial charge in [0.15, 0.2) is 0 Å². The van der Waals surface area contributed by atoms with Gasteiger partial charge in [-0.05, 0) is 12.8 Å². The molecule has 0 nitrogen and oxygen atoms in total. The van der Waals surface area contributed by atoms with E-state index in [-0.39, 0.29) is 7.43 Å². The Kier molecular flexibility index (Phi) is 7.82. The Balaban J connectivity index is 0.000001000. The molecular formula is C9H20S2. The predicted octanol–water partition coefficient (Wildman–Crippen LogP) is 4.36. The molecule has 1 heterocycles. The first-order valence-electron chi connectivity index (χ1n) is 4.21. The highest BCUT2D eigenvalue weighted by atomic mass is 33.1. The second kappa shape index (κ2) is 7.35. The lowest BCUT2D eigenvalue weighted by Gasteiger charge is -2.04. The molecule has 0 spiro atoms. The first-order chi connectivity index (χ1) is 4.93. The smallest absolute Gasteiger partial charge is 0.0159 e. The number of rotatable bonds is 4. The summed E-state index contributed by atoms with van der Waals surface area (Å²) in [5, 5.41) is 0.997. The first-order valence-corrected chi connectivity index (χ1v) is 6.60. The summed E-state index contributed by atoms with van der Waals surface area (Å²) in [4.78, 5) is 0. The molecule has 1 aliphatic rings. The van der Waals surface area contributed by atoms with Gasteiger partial charge in [0.1, 0.15) is 0 Å². The summed E-state index contributed by atoms with van der Waals surface area (Å²) in [7, 11) is 4.17. The number of hydrogen-bond acceptors (Lipinski definition) is 2. The minimum atomic E-state index is 0. The van der Waals surface area contributed by atoms with E-state index in [2.05, 4.69) is 28.5 Å². The van der Waals surface area contributed by atoms with Crippen LogP contribution in [0.5, 0.6) is 0 Å². The third-order valence-corrected chi connectivity index (χ3v) is 4.86. The zero-order valence-electron chi connectivity index (χ0n) is 6.64. The summed E-state index contributed by atoms with van der Waals surface area (Å²) in [6.45, 7) is 2.27. The molecule has 1 saturated heterocycles. The molecular weight excluding hydrogens is 172 g/mol. The van der Waals surface area contributed by atoms with Crippen LogP contribution in [-0.4, -0.2) is 11.0 Å². The molecule has 0 amide bonds. The maximum absolute atomic E-state index is 2.27. The minimum Gasteiger partial charge on any atom is -0.0938 e. The topological polar surface area (TPSA) is 0 Å². The van der Waals surface area contributed by atoms with Crippen molar-refractivity contribution in [3.8, 4) is 0 Å². The van der Waals surface area contributed by atoms with Gasteiger partial charge in [-0.15, -0.1) is 0 Å². The van der Waals surface area contributed by atoms with Gasteiger partial charge in [-0.25, -0.2) is 0 Å². The van der Waals surface area contributed by atoms with Crippen LogP contribution in [0.1, 0.15) is 46.5 Å². The predicted molar refractivity (Wildman–Crippen MR) is 59.3 cm³/mol. The van der Waals surface area contributed by atoms with Crippen LogP contribution in [0.25, 0.3) is 0 Å². The first kappa shape index (κ1) is 11.7. The van der Waals surface area contributed by atoms with E-state index in [4.69, 9.17) is 0 Å². The Morgan fingerprint density at radius 1 is 1.36 bits per heavy atom. The molecule has 1 fully saturated rings. The number of hydrogen-bond donors (Lipinski definition) is 0. The lowest BCUT2D eigenvalue weighted by atomic mass is 10.1. The van der Waals surface area contributed by atoms with Crippen LogP contribution >= 0.6 is 21.6 Å². The van der Waals surface area contributed by atoms with Crippen LogP contribution in [0.4, 0.5) is 0 Å². The van der Waals surface area contributed by atoms with E-state index in [0.717, 1.165) is 5.25 Å². The zero-order valence-corrected chi connectivity index (χ0v) is 8.27. The van der Waals surface area contributed by atoms with E-state index in [1.165, 1.54) is 37.9 Å². The summed E-state index contributed by atoms with van der Waals surface area (Å²) in [5.74, 6) is 1.39. The Morgan fingerprint density at radius 3 is 2.73 bits per heavy atom. The molecule has 0 aromatic carbocycles. The van der Waals surface area contributed by atoms with Crippen molar-refractivity contribution in [2.45, 2.75) is 51.7 Å². The minimum absolute atomic E-state index is 0. The van der Waals surface area contributed by atoms with E-state index in [1.807, 2.05) is 0 Å². The van der Waals surface area contributed by atoms with Gasteiger partial charge < -0.3 is 0 Å². The van der Waals surface area contributed by atoms with Crippen molar-refractivity contribution in [2.24, 2.45) is 0 Å². The van der Waals surface area contributed by atoms with Gasteiger partial charge in [-0.3, -0.25) is 0 Å². The second-order valence-corrected chi connectivity index (χ2v) is 5.61. The molecule has 1 unspecified atom stereocenters. The summed E-state index contributed by atoms with van der Waals surface area (Å²) in [5.41, 5.74) is 0. The van der Waals surface area contributed by atoms with Crippen molar-refractivity contribution in [3.05, 3.63) is 0 Å². The fraction of sp³-hybridized carbons (Fsp3) is 1.00. The fourth-order valence-corrected chi connectivity index (χ4v) is 4.21. The van der Waals surface area contributed by atoms with E-state index in [1.54, 1.807) is 0 Å². The lowest BCUT2D eigenvalue weighted by Crippen LogP contribution is -1.96. The van der Waals surface area contributed by atoms with Crippen LogP contribution in [0.2, 0.25) is 0 Å². The Bertz CT molecular complexity index is 77.6. The molecule has 0 aromatic heterocycles. The molecule has 0 aliphatic carbocycles. The van der Waals surface area contributed by atoms with Crippen molar-refractivity contribution in [1.82, 2.24) is 0 Å². The summed E-state index contributed by atoms with van der Waals surface area (Å²) in [6.07, 6.45) is 7.17. The van der Waals surface area contributed by atoms with Crippen LogP contribution in [0, 0.1) is 0 Å². The molecule has 0 N–H and O–H groups in total. The molecule has 11 heavy (non-hydrogen) atoms. The molecule has 1 aliphatic heterocycles. The van der Waals surface area contributed by atoms with Gasteiger partial charge in [0.25, 0.3) is 0 Å². The van der Waals surface area contributed by atoms with Gasteiger partial charge in [0, 0.05) is 11.0 Å². The van der Waals surface area contributed by atoms with Crippen LogP contribution in [-0.2, 0) is 0 Å². The van der Waals surface area contributed by atoms with Crippen molar-refractivity contribution in [2.75, 3.05) is 5.75 Å². The summed E-state index contributed by atoms with van der Waals surface area (Å²) >= 11 is 0. The molecule has 2 heteroatoms. The van der Waals surface area contributed by atoms with E-state index in [9.17, 15) is 0 Å². The standard InChI is InChI=1S/C8H16S2.CH4/c1-2-3-4-5-8-6-7-9-10-8;/h8H,2-7H2,1H3;1H4. The van der Waals surface area contributed by atoms with Gasteiger partial charge in [0.05, 0.1) is 0 Å². The Morgan fingerprint density at radius 2 is 2.18 bits per heavy atom. The molecule has 68 valence electrons. The zero-order chi connectivity index (χ0) is 7.23. The molecule has 1 rings (SSSR count). The van der Waals surface area contributed by atoms with Crippen LogP contribution in [0.15, 0.2) is 0 Å². The van der Waals surface area contributed by atoms with Crippen molar-refractivity contribution < 1.29 is 0 Å². The SMILES string of the molecule is C.CCCCCC1CCSS1. The van der Waals surface area contributed by atoms with Gasteiger partial charge in [-0.2, -0.15) is 0 Å². The summed E-state index contributed by atoms with van der Waals surface area (Å²) in [6, 6.07) is 0. The molecule has 0 saturated carbocycles. The molecule has 0 bridgehead atoms. The monoisotopic (exact) mass is 192 g/mol. The molecule has 1 atom stereocenters. The second-order valence-electron chi connectivity index (χ2n) is 2.82. The Hall–Kier alpha value is 0.700. The van der Waals surface area contributed by atoms with Crippen molar-refractivity contribution in [1.29, 1.82) is 0 Å². The highest BCUT2D eigenvalue weighted by Gasteiger charge is 2.14. The summed E-state index contributed by atoms with van der Waals surface area (Å²) < 4.78 is 0. The normalized spacial score (nSPS) is 23.2. The van der Waals surface area contributed by atoms with Crippen molar-refractivity contribution >= 4 is 21.6 Å². The highest BCUT2D eigenvalue weighted by Crippen LogP contribution is 2.39. The Labute approximate surface area is 79.3 Å². The van der Waals surface area contributed by atoms with Gasteiger partial charge in [0.2, 0.25) is 0 Å². The maximum Gasteiger partial charge on any atom is 0.0159 e. The van der Waals surface area contributed by atoms with E-state index >= 15 is 0 Å². The largest absolute Gasteiger partial charge is 0.0938 e. The van der Waals surface area contributed by atoms with E-state index in [0.29, 0.717) is 0 Å². The average molecular weight is 192 g/mol. The lowest BCUT2D eigenvalue weighted by molar-refractivity contribution is 0.642. The molecule has 0 radical (unpaired) electrons. The quantitative estimate of drug-likeness (QED) is 0.479. The van der Waals surface area contributed by atoms with E-state index < -0.39 is 0 Å². The maximum atomic E-state index is 2.27. The third kappa shape index (κ3) is 5.02. The number of unbranched alkanes of at least 4 members (excludes halogenated alkanes) is 2. The third-order valence-electron chi connectivity index (χ3n) is 1.86. The van der Waals surface area contributed by atoms with Gasteiger partial charge >= 0.3 is 0 Å². The van der Waals surface area contributed by atoms with Gasteiger partial charge in [-0.1, -0.05) is 55.2 Å². The van der Waals surface area contributed by atoms with Crippen LogP contribution < -0.4 is 0 Å². The fourth-order valence-electron chi connectivity index (χ4n) is 1.19. The highest BCUT2D eigenvalue weighted by molar-refractivity contribution is 8.77. The average Bonchev–Trinajstić information content (AvgIpc) is 2.41. The van der Waals surface area contributed by atoms with Crippen molar-refractivity contribution in [3.63, 3.8) is 0 Å². The molecule has 0 aromatic rings.